The fraction of sp³-hybridized carbons (Fsp3) is 0.316. The molecule has 138 valence electrons. The number of nitrogens with zero attached hydrogens (tertiary/aromatic N) is 2. The van der Waals surface area contributed by atoms with E-state index in [1.165, 1.54) is 5.56 Å². The fourth-order valence-corrected chi connectivity index (χ4v) is 3.54. The molecule has 0 radical (unpaired) electrons. The molecule has 0 saturated carbocycles. The lowest BCUT2D eigenvalue weighted by Gasteiger charge is -2.38. The van der Waals surface area contributed by atoms with Gasteiger partial charge in [-0.15, -0.1) is 0 Å². The summed E-state index contributed by atoms with van der Waals surface area (Å²) < 4.78 is 23.5. The predicted molar refractivity (Wildman–Crippen MR) is 101 cm³/mol. The molecule has 2 aromatic carbocycles. The SMILES string of the molecule is C[C@H](c1ccccc1)N1CCN(C(=O)c2ccc(NS(=O)[O-])cc2)CC1. The van der Waals surface area contributed by atoms with Gasteiger partial charge in [-0.2, -0.15) is 0 Å². The second kappa shape index (κ2) is 8.44. The summed E-state index contributed by atoms with van der Waals surface area (Å²) in [7, 11) is 0. The highest BCUT2D eigenvalue weighted by atomic mass is 32.2. The van der Waals surface area contributed by atoms with Crippen molar-refractivity contribution < 1.29 is 13.6 Å². The molecule has 1 aliphatic rings. The number of rotatable bonds is 5. The van der Waals surface area contributed by atoms with Gasteiger partial charge in [0, 0.05) is 54.7 Å². The molecule has 1 saturated heterocycles. The van der Waals surface area contributed by atoms with Crippen molar-refractivity contribution in [3.05, 3.63) is 65.7 Å². The average molecular weight is 372 g/mol. The van der Waals surface area contributed by atoms with Crippen molar-refractivity contribution in [2.75, 3.05) is 30.9 Å². The smallest absolute Gasteiger partial charge is 0.253 e. The minimum atomic E-state index is -2.36. The minimum absolute atomic E-state index is 0.0215. The van der Waals surface area contributed by atoms with Gasteiger partial charge in [0.25, 0.3) is 5.91 Å². The normalized spacial score (nSPS) is 17.5. The molecule has 7 heteroatoms. The van der Waals surface area contributed by atoms with Crippen LogP contribution in [-0.4, -0.2) is 50.6 Å². The Hall–Kier alpha value is -2.22. The molecule has 26 heavy (non-hydrogen) atoms. The number of nitrogens with one attached hydrogen (secondary N) is 1. The number of piperazine rings is 1. The third-order valence-electron chi connectivity index (χ3n) is 4.76. The zero-order chi connectivity index (χ0) is 18.5. The van der Waals surface area contributed by atoms with Crippen molar-refractivity contribution in [1.29, 1.82) is 0 Å². The molecule has 2 aromatic rings. The molecule has 1 fully saturated rings. The number of benzene rings is 2. The van der Waals surface area contributed by atoms with Gasteiger partial charge in [-0.3, -0.25) is 13.9 Å². The molecule has 2 atom stereocenters. The van der Waals surface area contributed by atoms with Gasteiger partial charge in [0.1, 0.15) is 0 Å². The Labute approximate surface area is 156 Å². The molecule has 0 aliphatic carbocycles. The van der Waals surface area contributed by atoms with Gasteiger partial charge < -0.3 is 14.2 Å². The predicted octanol–water partition coefficient (Wildman–Crippen LogP) is 2.41. The van der Waals surface area contributed by atoms with Crippen LogP contribution in [-0.2, 0) is 11.3 Å². The van der Waals surface area contributed by atoms with E-state index in [1.54, 1.807) is 24.3 Å². The fourth-order valence-electron chi connectivity index (χ4n) is 3.21. The van der Waals surface area contributed by atoms with Crippen LogP contribution >= 0.6 is 0 Å². The molecule has 1 aliphatic heterocycles. The highest BCUT2D eigenvalue weighted by Crippen LogP contribution is 2.22. The Bertz CT molecular complexity index is 759. The maximum Gasteiger partial charge on any atom is 0.253 e. The van der Waals surface area contributed by atoms with Crippen LogP contribution in [0.1, 0.15) is 28.9 Å². The summed E-state index contributed by atoms with van der Waals surface area (Å²) >= 11 is -2.36. The van der Waals surface area contributed by atoms with Crippen LogP contribution in [0.2, 0.25) is 0 Å². The number of hydrogen-bond acceptors (Lipinski definition) is 4. The van der Waals surface area contributed by atoms with E-state index in [4.69, 9.17) is 0 Å². The Morgan fingerprint density at radius 2 is 1.65 bits per heavy atom. The minimum Gasteiger partial charge on any atom is -0.755 e. The van der Waals surface area contributed by atoms with Gasteiger partial charge in [-0.25, -0.2) is 0 Å². The van der Waals surface area contributed by atoms with Crippen LogP contribution in [0.5, 0.6) is 0 Å². The van der Waals surface area contributed by atoms with E-state index in [0.717, 1.165) is 13.1 Å². The van der Waals surface area contributed by atoms with Crippen LogP contribution in [0, 0.1) is 0 Å². The molecule has 0 aromatic heterocycles. The third kappa shape index (κ3) is 4.49. The highest BCUT2D eigenvalue weighted by molar-refractivity contribution is 7.80. The average Bonchev–Trinajstić information content (AvgIpc) is 2.68. The number of amides is 1. The molecule has 0 spiro atoms. The summed E-state index contributed by atoms with van der Waals surface area (Å²) in [6.45, 7) is 5.22. The molecule has 6 nitrogen and oxygen atoms in total. The highest BCUT2D eigenvalue weighted by Gasteiger charge is 2.25. The monoisotopic (exact) mass is 372 g/mol. The van der Waals surface area contributed by atoms with E-state index in [9.17, 15) is 13.6 Å². The Morgan fingerprint density at radius 1 is 1.04 bits per heavy atom. The molecule has 0 bridgehead atoms. The standard InChI is InChI=1S/C19H23N3O3S/c1-15(16-5-3-2-4-6-16)21-11-13-22(14-12-21)19(23)17-7-9-18(10-8-17)20-26(24)25/h2-10,15,20H,11-14H2,1H3,(H,24,25)/p-1/t15-/m1/s1. The maximum atomic E-state index is 12.6. The van der Waals surface area contributed by atoms with Crippen molar-refractivity contribution in [3.8, 4) is 0 Å². The zero-order valence-electron chi connectivity index (χ0n) is 14.6. The largest absolute Gasteiger partial charge is 0.755 e. The molecule has 1 unspecified atom stereocenters. The van der Waals surface area contributed by atoms with Crippen LogP contribution in [0.15, 0.2) is 54.6 Å². The Kier molecular flexibility index (Phi) is 6.03. The molecular weight excluding hydrogens is 350 g/mol. The third-order valence-corrected chi connectivity index (χ3v) is 5.17. The van der Waals surface area contributed by atoms with Crippen molar-refractivity contribution in [1.82, 2.24) is 9.80 Å². The zero-order valence-corrected chi connectivity index (χ0v) is 15.4. The molecular formula is C19H22N3O3S-. The summed E-state index contributed by atoms with van der Waals surface area (Å²) in [5, 5.41) is 0. The van der Waals surface area contributed by atoms with E-state index >= 15 is 0 Å². The van der Waals surface area contributed by atoms with Gasteiger partial charge >= 0.3 is 0 Å². The summed E-state index contributed by atoms with van der Waals surface area (Å²) in [5.74, 6) is -0.0215. The van der Waals surface area contributed by atoms with Crippen LogP contribution in [0.25, 0.3) is 0 Å². The van der Waals surface area contributed by atoms with Crippen molar-refractivity contribution >= 4 is 22.9 Å². The first-order valence-electron chi connectivity index (χ1n) is 8.59. The van der Waals surface area contributed by atoms with E-state index in [0.29, 0.717) is 30.4 Å². The second-order valence-electron chi connectivity index (χ2n) is 6.33. The first kappa shape index (κ1) is 18.6. The van der Waals surface area contributed by atoms with Gasteiger partial charge in [-0.05, 0) is 36.8 Å². The maximum absolute atomic E-state index is 12.6. The topological polar surface area (TPSA) is 75.7 Å². The molecule has 1 N–H and O–H groups in total. The number of carbonyl (C=O) groups excluding carboxylic acids is 1. The lowest BCUT2D eigenvalue weighted by Crippen LogP contribution is -2.49. The van der Waals surface area contributed by atoms with E-state index in [-0.39, 0.29) is 5.91 Å². The lowest BCUT2D eigenvalue weighted by atomic mass is 10.1. The second-order valence-corrected chi connectivity index (χ2v) is 7.00. The quantitative estimate of drug-likeness (QED) is 0.818. The van der Waals surface area contributed by atoms with Crippen molar-refractivity contribution in [3.63, 3.8) is 0 Å². The number of hydrogen-bond donors (Lipinski definition) is 1. The van der Waals surface area contributed by atoms with Crippen molar-refractivity contribution in [2.24, 2.45) is 0 Å². The first-order valence-corrected chi connectivity index (χ1v) is 9.66. The van der Waals surface area contributed by atoms with Crippen LogP contribution < -0.4 is 4.72 Å². The molecule has 1 heterocycles. The van der Waals surface area contributed by atoms with Gasteiger partial charge in [0.2, 0.25) is 0 Å². The summed E-state index contributed by atoms with van der Waals surface area (Å²) in [6, 6.07) is 17.2. The molecule has 3 rings (SSSR count). The van der Waals surface area contributed by atoms with E-state index in [2.05, 4.69) is 28.7 Å². The lowest BCUT2D eigenvalue weighted by molar-refractivity contribution is 0.0582. The first-order chi connectivity index (χ1) is 12.5. The van der Waals surface area contributed by atoms with Crippen molar-refractivity contribution in [2.45, 2.75) is 13.0 Å². The summed E-state index contributed by atoms with van der Waals surface area (Å²) in [5.41, 5.74) is 2.29. The van der Waals surface area contributed by atoms with Gasteiger partial charge in [-0.1, -0.05) is 30.3 Å². The van der Waals surface area contributed by atoms with Gasteiger partial charge in [0.15, 0.2) is 0 Å². The molecule has 1 amide bonds. The number of anilines is 1. The van der Waals surface area contributed by atoms with E-state index < -0.39 is 11.3 Å². The van der Waals surface area contributed by atoms with Crippen LogP contribution in [0.4, 0.5) is 5.69 Å². The summed E-state index contributed by atoms with van der Waals surface area (Å²) in [4.78, 5) is 16.9. The number of carbonyl (C=O) groups is 1. The summed E-state index contributed by atoms with van der Waals surface area (Å²) in [6.07, 6.45) is 0. The Morgan fingerprint density at radius 3 is 2.23 bits per heavy atom. The Balaban J connectivity index is 1.57. The van der Waals surface area contributed by atoms with Gasteiger partial charge in [0.05, 0.1) is 0 Å². The van der Waals surface area contributed by atoms with E-state index in [1.807, 2.05) is 23.1 Å². The van der Waals surface area contributed by atoms with Crippen LogP contribution in [0.3, 0.4) is 0 Å².